The van der Waals surface area contributed by atoms with E-state index < -0.39 is 0 Å². The predicted octanol–water partition coefficient (Wildman–Crippen LogP) is 1.93. The van der Waals surface area contributed by atoms with Crippen LogP contribution < -0.4 is 10.1 Å². The minimum Gasteiger partial charge on any atom is -0.472 e. The van der Waals surface area contributed by atoms with E-state index in [1.165, 1.54) is 0 Å². The van der Waals surface area contributed by atoms with Crippen LogP contribution in [0.5, 0.6) is 5.88 Å². The quantitative estimate of drug-likeness (QED) is 0.772. The summed E-state index contributed by atoms with van der Waals surface area (Å²) < 4.78 is 5.24. The van der Waals surface area contributed by atoms with Crippen molar-refractivity contribution in [3.05, 3.63) is 30.7 Å². The number of nitrogens with zero attached hydrogens (tertiary/aromatic N) is 2. The zero-order valence-electron chi connectivity index (χ0n) is 10.2. The Bertz CT molecular complexity index is 327. The van der Waals surface area contributed by atoms with Crippen LogP contribution in [0, 0.1) is 0 Å². The number of hydrogen-bond acceptors (Lipinski definition) is 4. The van der Waals surface area contributed by atoms with Gasteiger partial charge in [0.2, 0.25) is 5.88 Å². The van der Waals surface area contributed by atoms with Crippen LogP contribution in [0.3, 0.4) is 0 Å². The second-order valence-corrected chi connectivity index (χ2v) is 4.55. The van der Waals surface area contributed by atoms with Crippen molar-refractivity contribution in [3.8, 4) is 5.88 Å². The Labute approximate surface area is 96.8 Å². The minimum atomic E-state index is 0.0830. The van der Waals surface area contributed by atoms with Crippen molar-refractivity contribution in [1.82, 2.24) is 15.3 Å². The lowest BCUT2D eigenvalue weighted by molar-refractivity contribution is 0.346. The van der Waals surface area contributed by atoms with Crippen molar-refractivity contribution < 1.29 is 4.74 Å². The average molecular weight is 221 g/mol. The molecule has 0 saturated carbocycles. The van der Waals surface area contributed by atoms with Gasteiger partial charge in [0.1, 0.15) is 6.61 Å². The molecule has 88 valence electrons. The highest BCUT2D eigenvalue weighted by molar-refractivity contribution is 5.07. The van der Waals surface area contributed by atoms with E-state index >= 15 is 0 Å². The van der Waals surface area contributed by atoms with Gasteiger partial charge in [-0.3, -0.25) is 4.98 Å². The smallest absolute Gasteiger partial charge is 0.232 e. The van der Waals surface area contributed by atoms with E-state index in [1.807, 2.05) is 0 Å². The SMILES string of the molecule is C=CCOc1cnc(CNC(C)(C)C)cn1. The summed E-state index contributed by atoms with van der Waals surface area (Å²) in [5, 5.41) is 3.34. The fourth-order valence-electron chi connectivity index (χ4n) is 1.01. The normalized spacial score (nSPS) is 11.2. The number of rotatable bonds is 5. The monoisotopic (exact) mass is 221 g/mol. The second kappa shape index (κ2) is 5.61. The van der Waals surface area contributed by atoms with Crippen LogP contribution in [-0.2, 0) is 6.54 Å². The molecule has 1 rings (SSSR count). The lowest BCUT2D eigenvalue weighted by Gasteiger charge is -2.19. The number of hydrogen-bond donors (Lipinski definition) is 1. The van der Waals surface area contributed by atoms with Gasteiger partial charge in [-0.15, -0.1) is 0 Å². The molecular weight excluding hydrogens is 202 g/mol. The molecule has 1 N–H and O–H groups in total. The topological polar surface area (TPSA) is 47.0 Å². The van der Waals surface area contributed by atoms with Crippen LogP contribution >= 0.6 is 0 Å². The molecule has 0 bridgehead atoms. The Kier molecular flexibility index (Phi) is 4.43. The van der Waals surface area contributed by atoms with Crippen LogP contribution in [0.2, 0.25) is 0 Å². The third-order valence-electron chi connectivity index (χ3n) is 1.83. The van der Waals surface area contributed by atoms with Crippen molar-refractivity contribution in [2.45, 2.75) is 32.9 Å². The van der Waals surface area contributed by atoms with Crippen molar-refractivity contribution >= 4 is 0 Å². The summed E-state index contributed by atoms with van der Waals surface area (Å²) in [5.41, 5.74) is 0.987. The van der Waals surface area contributed by atoms with E-state index in [4.69, 9.17) is 4.74 Å². The molecule has 0 aliphatic carbocycles. The molecule has 1 aromatic rings. The summed E-state index contributed by atoms with van der Waals surface area (Å²) in [4.78, 5) is 8.39. The maximum Gasteiger partial charge on any atom is 0.232 e. The third kappa shape index (κ3) is 4.89. The molecule has 4 heteroatoms. The molecule has 0 aromatic carbocycles. The van der Waals surface area contributed by atoms with Crippen molar-refractivity contribution in [3.63, 3.8) is 0 Å². The van der Waals surface area contributed by atoms with Gasteiger partial charge in [-0.2, -0.15) is 0 Å². The van der Waals surface area contributed by atoms with Crippen LogP contribution in [0.1, 0.15) is 26.5 Å². The minimum absolute atomic E-state index is 0.0830. The van der Waals surface area contributed by atoms with E-state index in [1.54, 1.807) is 18.5 Å². The molecule has 0 saturated heterocycles. The molecule has 0 radical (unpaired) electrons. The number of nitrogens with one attached hydrogen (secondary N) is 1. The number of ether oxygens (including phenoxy) is 1. The molecule has 0 unspecified atom stereocenters. The van der Waals surface area contributed by atoms with E-state index in [2.05, 4.69) is 42.6 Å². The molecule has 0 aliphatic heterocycles. The van der Waals surface area contributed by atoms with Crippen LogP contribution in [0.4, 0.5) is 0 Å². The van der Waals surface area contributed by atoms with E-state index in [-0.39, 0.29) is 5.54 Å². The van der Waals surface area contributed by atoms with Gasteiger partial charge in [-0.25, -0.2) is 4.98 Å². The molecule has 0 atom stereocenters. The van der Waals surface area contributed by atoms with Crippen LogP contribution in [0.25, 0.3) is 0 Å². The first-order valence-corrected chi connectivity index (χ1v) is 5.31. The Balaban J connectivity index is 2.48. The van der Waals surface area contributed by atoms with Gasteiger partial charge in [0.15, 0.2) is 0 Å². The maximum absolute atomic E-state index is 5.24. The van der Waals surface area contributed by atoms with Gasteiger partial charge in [0.05, 0.1) is 18.1 Å². The van der Waals surface area contributed by atoms with Crippen LogP contribution in [-0.4, -0.2) is 22.1 Å². The van der Waals surface area contributed by atoms with Gasteiger partial charge in [-0.05, 0) is 20.8 Å². The standard InChI is InChI=1S/C12H19N3O/c1-5-6-16-11-9-13-10(7-14-11)8-15-12(2,3)4/h5,7,9,15H,1,6,8H2,2-4H3. The molecule has 0 spiro atoms. The van der Waals surface area contributed by atoms with E-state index in [0.717, 1.165) is 5.69 Å². The predicted molar refractivity (Wildman–Crippen MR) is 64.3 cm³/mol. The Morgan fingerprint density at radius 2 is 2.12 bits per heavy atom. The Morgan fingerprint density at radius 3 is 2.62 bits per heavy atom. The zero-order valence-corrected chi connectivity index (χ0v) is 10.2. The summed E-state index contributed by atoms with van der Waals surface area (Å²) in [5.74, 6) is 0.527. The zero-order chi connectivity index (χ0) is 12.0. The summed E-state index contributed by atoms with van der Waals surface area (Å²) in [7, 11) is 0. The summed E-state index contributed by atoms with van der Waals surface area (Å²) in [6.07, 6.45) is 5.02. The van der Waals surface area contributed by atoms with Crippen molar-refractivity contribution in [2.24, 2.45) is 0 Å². The molecule has 0 fully saturated rings. The second-order valence-electron chi connectivity index (χ2n) is 4.55. The molecular formula is C12H19N3O. The van der Waals surface area contributed by atoms with Gasteiger partial charge < -0.3 is 10.1 Å². The van der Waals surface area contributed by atoms with Crippen molar-refractivity contribution in [1.29, 1.82) is 0 Å². The average Bonchev–Trinajstić information content (AvgIpc) is 2.24. The van der Waals surface area contributed by atoms with E-state index in [9.17, 15) is 0 Å². The lowest BCUT2D eigenvalue weighted by atomic mass is 10.1. The highest BCUT2D eigenvalue weighted by Crippen LogP contribution is 2.05. The Hall–Kier alpha value is -1.42. The Morgan fingerprint density at radius 1 is 1.38 bits per heavy atom. The van der Waals surface area contributed by atoms with Gasteiger partial charge in [0, 0.05) is 12.1 Å². The first-order chi connectivity index (χ1) is 7.51. The first-order valence-electron chi connectivity index (χ1n) is 5.31. The first kappa shape index (κ1) is 12.6. The van der Waals surface area contributed by atoms with Crippen LogP contribution in [0.15, 0.2) is 25.0 Å². The summed E-state index contributed by atoms with van der Waals surface area (Å²) >= 11 is 0. The third-order valence-corrected chi connectivity index (χ3v) is 1.83. The molecule has 0 aliphatic rings. The lowest BCUT2D eigenvalue weighted by Crippen LogP contribution is -2.35. The summed E-state index contributed by atoms with van der Waals surface area (Å²) in [6, 6.07) is 0. The van der Waals surface area contributed by atoms with Gasteiger partial charge >= 0.3 is 0 Å². The molecule has 0 amide bonds. The van der Waals surface area contributed by atoms with Crippen molar-refractivity contribution in [2.75, 3.05) is 6.61 Å². The maximum atomic E-state index is 5.24. The molecule has 16 heavy (non-hydrogen) atoms. The molecule has 1 aromatic heterocycles. The molecule has 4 nitrogen and oxygen atoms in total. The van der Waals surface area contributed by atoms with E-state index in [0.29, 0.717) is 19.0 Å². The summed E-state index contributed by atoms with van der Waals surface area (Å²) in [6.45, 7) is 11.1. The largest absolute Gasteiger partial charge is 0.472 e. The number of aromatic nitrogens is 2. The fourth-order valence-corrected chi connectivity index (χ4v) is 1.01. The van der Waals surface area contributed by atoms with Gasteiger partial charge in [0.25, 0.3) is 0 Å². The highest BCUT2D eigenvalue weighted by atomic mass is 16.5. The highest BCUT2D eigenvalue weighted by Gasteiger charge is 2.08. The fraction of sp³-hybridized carbons (Fsp3) is 0.500. The molecule has 1 heterocycles. The van der Waals surface area contributed by atoms with Gasteiger partial charge in [-0.1, -0.05) is 12.7 Å².